The van der Waals surface area contributed by atoms with Crippen LogP contribution in [-0.2, 0) is 0 Å². The Hall–Kier alpha value is -1.37. The minimum absolute atomic E-state index is 0.115. The Balaban J connectivity index is 2.94. The largest absolute Gasteiger partial charge is 0.207 e. The van der Waals surface area contributed by atoms with Crippen molar-refractivity contribution in [3.05, 3.63) is 47.3 Å². The van der Waals surface area contributed by atoms with Crippen LogP contribution in [0.2, 0.25) is 0 Å². The summed E-state index contributed by atoms with van der Waals surface area (Å²) in [7, 11) is 0. The Morgan fingerprint density at radius 1 is 1.00 bits per heavy atom. The van der Waals surface area contributed by atoms with E-state index in [-0.39, 0.29) is 5.82 Å². The van der Waals surface area contributed by atoms with E-state index in [1.54, 1.807) is 6.07 Å². The molecule has 0 amide bonds. The van der Waals surface area contributed by atoms with Crippen molar-refractivity contribution in [1.29, 1.82) is 0 Å². The van der Waals surface area contributed by atoms with E-state index < -0.39 is 0 Å². The van der Waals surface area contributed by atoms with Gasteiger partial charge >= 0.3 is 0 Å². The molecule has 13 heavy (non-hydrogen) atoms. The van der Waals surface area contributed by atoms with E-state index in [1.165, 1.54) is 0 Å². The maximum absolute atomic E-state index is 13.3. The van der Waals surface area contributed by atoms with Gasteiger partial charge in [0.15, 0.2) is 0 Å². The maximum atomic E-state index is 13.3. The quantitative estimate of drug-likeness (QED) is 0.572. The molecule has 0 aliphatic rings. The highest BCUT2D eigenvalue weighted by molar-refractivity contribution is 5.86. The predicted octanol–water partition coefficient (Wildman–Crippen LogP) is 3.60. The zero-order chi connectivity index (χ0) is 9.42. The summed E-state index contributed by atoms with van der Waals surface area (Å²) < 4.78 is 13.3. The van der Waals surface area contributed by atoms with Gasteiger partial charge in [-0.3, -0.25) is 0 Å². The Morgan fingerprint density at radius 2 is 1.69 bits per heavy atom. The fourth-order valence-electron chi connectivity index (χ4n) is 1.59. The van der Waals surface area contributed by atoms with E-state index in [2.05, 4.69) is 0 Å². The summed E-state index contributed by atoms with van der Waals surface area (Å²) in [4.78, 5) is 0. The van der Waals surface area contributed by atoms with Crippen LogP contribution in [0, 0.1) is 19.7 Å². The number of benzene rings is 2. The van der Waals surface area contributed by atoms with Crippen molar-refractivity contribution in [3.63, 3.8) is 0 Å². The van der Waals surface area contributed by atoms with Gasteiger partial charge in [-0.25, -0.2) is 4.39 Å². The van der Waals surface area contributed by atoms with Crippen LogP contribution in [0.5, 0.6) is 0 Å². The average molecular weight is 174 g/mol. The second-order valence-electron chi connectivity index (χ2n) is 3.33. The molecule has 0 unspecified atom stereocenters. The van der Waals surface area contributed by atoms with Gasteiger partial charge in [-0.05, 0) is 41.8 Å². The first-order chi connectivity index (χ1) is 6.20. The molecular formula is C12H11F. The number of hydrogen-bond acceptors (Lipinski definition) is 0. The van der Waals surface area contributed by atoms with Crippen LogP contribution >= 0.6 is 0 Å². The topological polar surface area (TPSA) is 0 Å². The van der Waals surface area contributed by atoms with E-state index in [9.17, 15) is 4.39 Å². The summed E-state index contributed by atoms with van der Waals surface area (Å²) in [6.45, 7) is 3.78. The molecule has 2 aromatic rings. The van der Waals surface area contributed by atoms with E-state index >= 15 is 0 Å². The van der Waals surface area contributed by atoms with Gasteiger partial charge in [0, 0.05) is 0 Å². The fraction of sp³-hybridized carbons (Fsp3) is 0.167. The Bertz CT molecular complexity index is 458. The summed E-state index contributed by atoms with van der Waals surface area (Å²) >= 11 is 0. The van der Waals surface area contributed by atoms with Crippen molar-refractivity contribution in [2.75, 3.05) is 0 Å². The van der Waals surface area contributed by atoms with Gasteiger partial charge in [0.25, 0.3) is 0 Å². The summed E-state index contributed by atoms with van der Waals surface area (Å²) in [6.07, 6.45) is 0. The molecular weight excluding hydrogens is 163 g/mol. The van der Waals surface area contributed by atoms with E-state index in [0.29, 0.717) is 0 Å². The van der Waals surface area contributed by atoms with Gasteiger partial charge in [-0.1, -0.05) is 24.3 Å². The molecule has 0 radical (unpaired) electrons. The van der Waals surface area contributed by atoms with E-state index in [0.717, 1.165) is 21.9 Å². The Morgan fingerprint density at radius 3 is 2.46 bits per heavy atom. The second-order valence-corrected chi connectivity index (χ2v) is 3.33. The van der Waals surface area contributed by atoms with Crippen LogP contribution < -0.4 is 0 Å². The summed E-state index contributed by atoms with van der Waals surface area (Å²) in [6, 6.07) is 9.46. The van der Waals surface area contributed by atoms with Gasteiger partial charge in [-0.2, -0.15) is 0 Å². The molecule has 0 saturated heterocycles. The van der Waals surface area contributed by atoms with Crippen molar-refractivity contribution in [1.82, 2.24) is 0 Å². The first-order valence-electron chi connectivity index (χ1n) is 4.34. The SMILES string of the molecule is Cc1c(F)cc2ccccc2c1C. The molecule has 66 valence electrons. The molecule has 0 fully saturated rings. The molecule has 1 heteroatoms. The van der Waals surface area contributed by atoms with Crippen LogP contribution in [0.4, 0.5) is 4.39 Å². The number of hydrogen-bond donors (Lipinski definition) is 0. The molecule has 0 spiro atoms. The Kier molecular flexibility index (Phi) is 1.80. The third kappa shape index (κ3) is 1.21. The minimum Gasteiger partial charge on any atom is -0.207 e. The van der Waals surface area contributed by atoms with Crippen LogP contribution in [0.1, 0.15) is 11.1 Å². The molecule has 0 saturated carbocycles. The lowest BCUT2D eigenvalue weighted by atomic mass is 10.0. The van der Waals surface area contributed by atoms with Gasteiger partial charge in [-0.15, -0.1) is 0 Å². The van der Waals surface area contributed by atoms with Gasteiger partial charge in [0.05, 0.1) is 0 Å². The number of halogens is 1. The third-order valence-electron chi connectivity index (χ3n) is 2.57. The smallest absolute Gasteiger partial charge is 0.127 e. The molecule has 0 nitrogen and oxygen atoms in total. The van der Waals surface area contributed by atoms with Crippen molar-refractivity contribution in [2.45, 2.75) is 13.8 Å². The van der Waals surface area contributed by atoms with Crippen LogP contribution in [0.3, 0.4) is 0 Å². The zero-order valence-corrected chi connectivity index (χ0v) is 7.76. The Labute approximate surface area is 77.0 Å². The standard InChI is InChI=1S/C12H11F/c1-8-9(2)12(13)7-10-5-3-4-6-11(8)10/h3-7H,1-2H3. The lowest BCUT2D eigenvalue weighted by molar-refractivity contribution is 0.619. The molecule has 0 N–H and O–H groups in total. The van der Waals surface area contributed by atoms with Crippen LogP contribution in [0.15, 0.2) is 30.3 Å². The van der Waals surface area contributed by atoms with Gasteiger partial charge < -0.3 is 0 Å². The van der Waals surface area contributed by atoms with Gasteiger partial charge in [0.2, 0.25) is 0 Å². The molecule has 2 aromatic carbocycles. The third-order valence-corrected chi connectivity index (χ3v) is 2.57. The summed E-state index contributed by atoms with van der Waals surface area (Å²) in [5, 5.41) is 2.12. The molecule has 0 aromatic heterocycles. The summed E-state index contributed by atoms with van der Waals surface area (Å²) in [5.74, 6) is -0.115. The maximum Gasteiger partial charge on any atom is 0.127 e. The highest BCUT2D eigenvalue weighted by Gasteiger charge is 2.04. The average Bonchev–Trinajstić information content (AvgIpc) is 2.15. The van der Waals surface area contributed by atoms with Crippen molar-refractivity contribution >= 4 is 10.8 Å². The first-order valence-corrected chi connectivity index (χ1v) is 4.34. The molecule has 2 rings (SSSR count). The van der Waals surface area contributed by atoms with Gasteiger partial charge in [0.1, 0.15) is 5.82 Å². The second kappa shape index (κ2) is 2.84. The monoisotopic (exact) mass is 174 g/mol. The predicted molar refractivity (Wildman–Crippen MR) is 53.4 cm³/mol. The summed E-state index contributed by atoms with van der Waals surface area (Å²) in [5.41, 5.74) is 1.79. The lowest BCUT2D eigenvalue weighted by Crippen LogP contribution is -1.88. The van der Waals surface area contributed by atoms with Crippen LogP contribution in [-0.4, -0.2) is 0 Å². The van der Waals surface area contributed by atoms with E-state index in [4.69, 9.17) is 0 Å². The molecule has 0 heterocycles. The molecule has 0 aliphatic carbocycles. The first kappa shape index (κ1) is 8.24. The number of aryl methyl sites for hydroxylation is 1. The highest BCUT2D eigenvalue weighted by Crippen LogP contribution is 2.23. The zero-order valence-electron chi connectivity index (χ0n) is 7.76. The number of fused-ring (bicyclic) bond motifs is 1. The molecule has 0 aliphatic heterocycles. The highest BCUT2D eigenvalue weighted by atomic mass is 19.1. The van der Waals surface area contributed by atoms with E-state index in [1.807, 2.05) is 38.1 Å². The number of rotatable bonds is 0. The van der Waals surface area contributed by atoms with Crippen molar-refractivity contribution in [2.24, 2.45) is 0 Å². The molecule has 0 atom stereocenters. The molecule has 0 bridgehead atoms. The van der Waals surface area contributed by atoms with Crippen molar-refractivity contribution in [3.8, 4) is 0 Å². The minimum atomic E-state index is -0.115. The normalized spacial score (nSPS) is 10.7. The lowest BCUT2D eigenvalue weighted by Gasteiger charge is -2.06. The fourth-order valence-corrected chi connectivity index (χ4v) is 1.59. The van der Waals surface area contributed by atoms with Crippen LogP contribution in [0.25, 0.3) is 10.8 Å². The van der Waals surface area contributed by atoms with Crippen molar-refractivity contribution < 1.29 is 4.39 Å².